The van der Waals surface area contributed by atoms with Crippen LogP contribution in [-0.4, -0.2) is 54.9 Å². The summed E-state index contributed by atoms with van der Waals surface area (Å²) in [4.78, 5) is 25.2. The summed E-state index contributed by atoms with van der Waals surface area (Å²) in [5.41, 5.74) is 1.67. The summed E-state index contributed by atoms with van der Waals surface area (Å²) in [6.07, 6.45) is 0.657. The molecule has 0 radical (unpaired) electrons. The van der Waals surface area contributed by atoms with Gasteiger partial charge in [0.05, 0.1) is 13.2 Å². The summed E-state index contributed by atoms with van der Waals surface area (Å²) >= 11 is 0. The Hall–Kier alpha value is -1.92. The lowest BCUT2D eigenvalue weighted by molar-refractivity contribution is -0.153. The van der Waals surface area contributed by atoms with Gasteiger partial charge in [0, 0.05) is 13.2 Å². The maximum atomic E-state index is 12.3. The van der Waals surface area contributed by atoms with Crippen molar-refractivity contribution in [3.05, 3.63) is 35.4 Å². The monoisotopic (exact) mass is 307 g/mol. The molecule has 1 heterocycles. The van der Waals surface area contributed by atoms with E-state index in [1.165, 1.54) is 4.90 Å². The van der Waals surface area contributed by atoms with Crippen molar-refractivity contribution in [1.29, 1.82) is 0 Å². The fourth-order valence-electron chi connectivity index (χ4n) is 2.61. The fraction of sp³-hybridized carbons (Fsp3) is 0.500. The zero-order valence-electron chi connectivity index (χ0n) is 12.7. The molecule has 1 aromatic rings. The summed E-state index contributed by atoms with van der Waals surface area (Å²) in [5.74, 6) is -1.33. The standard InChI is InChI=1S/C16H21NO5/c1-2-21-9-10-22-11-14(18)17-8-7-12-5-3-4-6-13(12)15(17)16(19)20/h3-6,15H,2,7-11H2,1H3,(H,19,20). The van der Waals surface area contributed by atoms with Gasteiger partial charge in [0.2, 0.25) is 5.91 Å². The van der Waals surface area contributed by atoms with Crippen molar-refractivity contribution in [2.45, 2.75) is 19.4 Å². The maximum Gasteiger partial charge on any atom is 0.331 e. The van der Waals surface area contributed by atoms with Gasteiger partial charge in [-0.25, -0.2) is 4.79 Å². The van der Waals surface area contributed by atoms with Crippen LogP contribution in [0.2, 0.25) is 0 Å². The molecule has 120 valence electrons. The highest BCUT2D eigenvalue weighted by molar-refractivity contribution is 5.86. The van der Waals surface area contributed by atoms with E-state index in [0.717, 1.165) is 5.56 Å². The predicted molar refractivity (Wildman–Crippen MR) is 79.5 cm³/mol. The van der Waals surface area contributed by atoms with Crippen LogP contribution in [-0.2, 0) is 25.5 Å². The molecule has 1 unspecified atom stereocenters. The Morgan fingerprint density at radius 1 is 1.27 bits per heavy atom. The number of amides is 1. The molecule has 1 N–H and O–H groups in total. The van der Waals surface area contributed by atoms with Crippen LogP contribution in [0.4, 0.5) is 0 Å². The Labute approximate surface area is 129 Å². The third kappa shape index (κ3) is 3.84. The van der Waals surface area contributed by atoms with E-state index in [4.69, 9.17) is 9.47 Å². The number of carbonyl (C=O) groups is 2. The van der Waals surface area contributed by atoms with Gasteiger partial charge in [-0.3, -0.25) is 4.79 Å². The number of ether oxygens (including phenoxy) is 2. The van der Waals surface area contributed by atoms with Crippen LogP contribution >= 0.6 is 0 Å². The van der Waals surface area contributed by atoms with E-state index in [9.17, 15) is 14.7 Å². The van der Waals surface area contributed by atoms with Crippen LogP contribution in [0.1, 0.15) is 24.1 Å². The summed E-state index contributed by atoms with van der Waals surface area (Å²) in [7, 11) is 0. The van der Waals surface area contributed by atoms with Crippen molar-refractivity contribution >= 4 is 11.9 Å². The van der Waals surface area contributed by atoms with Crippen molar-refractivity contribution in [2.24, 2.45) is 0 Å². The van der Waals surface area contributed by atoms with Gasteiger partial charge in [-0.1, -0.05) is 24.3 Å². The lowest BCUT2D eigenvalue weighted by Gasteiger charge is -2.34. The van der Waals surface area contributed by atoms with E-state index in [2.05, 4.69) is 0 Å². The molecule has 1 amide bonds. The topological polar surface area (TPSA) is 76.1 Å². The number of fused-ring (bicyclic) bond motifs is 1. The Morgan fingerprint density at radius 3 is 2.73 bits per heavy atom. The number of hydrogen-bond acceptors (Lipinski definition) is 4. The SMILES string of the molecule is CCOCCOCC(=O)N1CCc2ccccc2C1C(=O)O. The number of carboxylic acids is 1. The molecular weight excluding hydrogens is 286 g/mol. The fourth-order valence-corrected chi connectivity index (χ4v) is 2.61. The molecule has 1 aliphatic rings. The maximum absolute atomic E-state index is 12.3. The van der Waals surface area contributed by atoms with E-state index < -0.39 is 12.0 Å². The molecular formula is C16H21NO5. The molecule has 0 aromatic heterocycles. The molecule has 6 heteroatoms. The van der Waals surface area contributed by atoms with Gasteiger partial charge in [0.15, 0.2) is 6.04 Å². The third-order valence-corrected chi connectivity index (χ3v) is 3.64. The number of rotatable bonds is 7. The van der Waals surface area contributed by atoms with Crippen LogP contribution in [0, 0.1) is 0 Å². The molecule has 0 bridgehead atoms. The minimum atomic E-state index is -1.02. The number of carbonyl (C=O) groups excluding carboxylic acids is 1. The minimum absolute atomic E-state index is 0.126. The zero-order valence-corrected chi connectivity index (χ0v) is 12.7. The highest BCUT2D eigenvalue weighted by Gasteiger charge is 2.35. The second-order valence-electron chi connectivity index (χ2n) is 5.03. The summed E-state index contributed by atoms with van der Waals surface area (Å²) < 4.78 is 10.4. The number of aliphatic carboxylic acids is 1. The van der Waals surface area contributed by atoms with E-state index in [1.807, 2.05) is 19.1 Å². The molecule has 0 aliphatic carbocycles. The first-order valence-corrected chi connectivity index (χ1v) is 7.40. The van der Waals surface area contributed by atoms with Crippen molar-refractivity contribution in [1.82, 2.24) is 4.90 Å². The molecule has 0 saturated heterocycles. The molecule has 1 atom stereocenters. The van der Waals surface area contributed by atoms with Gasteiger partial charge in [-0.05, 0) is 24.5 Å². The normalized spacial score (nSPS) is 17.1. The molecule has 1 aliphatic heterocycles. The van der Waals surface area contributed by atoms with Crippen LogP contribution in [0.25, 0.3) is 0 Å². The Morgan fingerprint density at radius 2 is 2.00 bits per heavy atom. The van der Waals surface area contributed by atoms with Gasteiger partial charge in [-0.15, -0.1) is 0 Å². The average molecular weight is 307 g/mol. The number of benzene rings is 1. The van der Waals surface area contributed by atoms with E-state index in [0.29, 0.717) is 38.3 Å². The second kappa shape index (κ2) is 7.91. The second-order valence-corrected chi connectivity index (χ2v) is 5.03. The zero-order chi connectivity index (χ0) is 15.9. The lowest BCUT2D eigenvalue weighted by atomic mass is 9.92. The Kier molecular flexibility index (Phi) is 5.91. The average Bonchev–Trinajstić information content (AvgIpc) is 2.53. The van der Waals surface area contributed by atoms with Gasteiger partial charge < -0.3 is 19.5 Å². The van der Waals surface area contributed by atoms with Crippen molar-refractivity contribution in [3.8, 4) is 0 Å². The summed E-state index contributed by atoms with van der Waals surface area (Å²) in [5, 5.41) is 9.49. The van der Waals surface area contributed by atoms with Gasteiger partial charge >= 0.3 is 5.97 Å². The number of nitrogens with zero attached hydrogens (tertiary/aromatic N) is 1. The predicted octanol–water partition coefficient (Wildman–Crippen LogP) is 1.25. The molecule has 6 nitrogen and oxygen atoms in total. The van der Waals surface area contributed by atoms with Crippen molar-refractivity contribution in [2.75, 3.05) is 33.0 Å². The van der Waals surface area contributed by atoms with Gasteiger partial charge in [0.1, 0.15) is 6.61 Å². The third-order valence-electron chi connectivity index (χ3n) is 3.64. The molecule has 1 aromatic carbocycles. The largest absolute Gasteiger partial charge is 0.479 e. The molecule has 2 rings (SSSR count). The molecule has 0 saturated carbocycles. The van der Waals surface area contributed by atoms with Crippen molar-refractivity contribution in [3.63, 3.8) is 0 Å². The van der Waals surface area contributed by atoms with Crippen LogP contribution in [0.5, 0.6) is 0 Å². The molecule has 0 fully saturated rings. The Balaban J connectivity index is 2.01. The highest BCUT2D eigenvalue weighted by atomic mass is 16.5. The van der Waals surface area contributed by atoms with E-state index >= 15 is 0 Å². The smallest absolute Gasteiger partial charge is 0.331 e. The minimum Gasteiger partial charge on any atom is -0.479 e. The van der Waals surface area contributed by atoms with E-state index in [1.54, 1.807) is 12.1 Å². The number of hydrogen-bond donors (Lipinski definition) is 1. The highest BCUT2D eigenvalue weighted by Crippen LogP contribution is 2.29. The number of carboxylic acid groups (broad SMARTS) is 1. The van der Waals surface area contributed by atoms with Crippen LogP contribution < -0.4 is 0 Å². The van der Waals surface area contributed by atoms with Gasteiger partial charge in [-0.2, -0.15) is 0 Å². The summed E-state index contributed by atoms with van der Waals surface area (Å²) in [6.45, 7) is 3.49. The quantitative estimate of drug-likeness (QED) is 0.767. The van der Waals surface area contributed by atoms with Crippen LogP contribution in [0.3, 0.4) is 0 Å². The lowest BCUT2D eigenvalue weighted by Crippen LogP contribution is -2.45. The Bertz CT molecular complexity index is 531. The van der Waals surface area contributed by atoms with E-state index in [-0.39, 0.29) is 12.5 Å². The van der Waals surface area contributed by atoms with Gasteiger partial charge in [0.25, 0.3) is 0 Å². The molecule has 0 spiro atoms. The first-order valence-electron chi connectivity index (χ1n) is 7.40. The molecule has 22 heavy (non-hydrogen) atoms. The summed E-state index contributed by atoms with van der Waals surface area (Å²) in [6, 6.07) is 6.41. The van der Waals surface area contributed by atoms with Crippen LogP contribution in [0.15, 0.2) is 24.3 Å². The first kappa shape index (κ1) is 16.5. The first-order chi connectivity index (χ1) is 10.6. The van der Waals surface area contributed by atoms with Crippen molar-refractivity contribution < 1.29 is 24.2 Å².